The highest BCUT2D eigenvalue weighted by molar-refractivity contribution is 6.32. The van der Waals surface area contributed by atoms with Crippen molar-refractivity contribution in [1.82, 2.24) is 0 Å². The number of fused-ring (bicyclic) bond motifs is 1. The van der Waals surface area contributed by atoms with E-state index in [4.69, 9.17) is 30.5 Å². The van der Waals surface area contributed by atoms with Crippen molar-refractivity contribution in [3.05, 3.63) is 47.5 Å². The number of nitrogens with one attached hydrogen (secondary N) is 1. The Bertz CT molecular complexity index is 856. The van der Waals surface area contributed by atoms with Crippen LogP contribution in [0.1, 0.15) is 6.92 Å². The van der Waals surface area contributed by atoms with Gasteiger partial charge >= 0.3 is 5.97 Å². The Balaban J connectivity index is 1.56. The van der Waals surface area contributed by atoms with Crippen LogP contribution in [-0.4, -0.2) is 37.8 Å². The SMILES string of the molecule is COc1ccc(NC(=O)[C@@H](C)OC(=O)[C@H]2COc3ccccc3O2)cc1Cl. The lowest BCUT2D eigenvalue weighted by Crippen LogP contribution is -2.41. The van der Waals surface area contributed by atoms with Gasteiger partial charge in [-0.3, -0.25) is 4.79 Å². The van der Waals surface area contributed by atoms with Gasteiger partial charge in [0.05, 0.1) is 12.1 Å². The molecule has 0 saturated carbocycles. The number of hydrogen-bond donors (Lipinski definition) is 1. The molecule has 8 heteroatoms. The van der Waals surface area contributed by atoms with Gasteiger partial charge in [-0.2, -0.15) is 0 Å². The van der Waals surface area contributed by atoms with E-state index in [1.807, 2.05) is 0 Å². The molecule has 1 aliphatic rings. The van der Waals surface area contributed by atoms with Gasteiger partial charge in [-0.15, -0.1) is 0 Å². The van der Waals surface area contributed by atoms with Crippen LogP contribution in [0.25, 0.3) is 0 Å². The van der Waals surface area contributed by atoms with Crippen LogP contribution in [0.3, 0.4) is 0 Å². The molecule has 3 rings (SSSR count). The Morgan fingerprint density at radius 1 is 1.22 bits per heavy atom. The molecule has 0 unspecified atom stereocenters. The molecule has 2 aromatic carbocycles. The van der Waals surface area contributed by atoms with Crippen molar-refractivity contribution in [3.8, 4) is 17.2 Å². The zero-order valence-electron chi connectivity index (χ0n) is 14.7. The number of rotatable bonds is 5. The van der Waals surface area contributed by atoms with Gasteiger partial charge in [-0.1, -0.05) is 23.7 Å². The molecule has 2 atom stereocenters. The average molecular weight is 392 g/mol. The van der Waals surface area contributed by atoms with Gasteiger partial charge in [0.25, 0.3) is 5.91 Å². The van der Waals surface area contributed by atoms with E-state index in [-0.39, 0.29) is 6.61 Å². The van der Waals surface area contributed by atoms with Crippen LogP contribution in [0.2, 0.25) is 5.02 Å². The Morgan fingerprint density at radius 2 is 1.96 bits per heavy atom. The van der Waals surface area contributed by atoms with Crippen molar-refractivity contribution < 1.29 is 28.5 Å². The minimum Gasteiger partial charge on any atom is -0.495 e. The summed E-state index contributed by atoms with van der Waals surface area (Å²) >= 11 is 6.03. The highest BCUT2D eigenvalue weighted by Crippen LogP contribution is 2.31. The molecule has 0 fully saturated rings. The lowest BCUT2D eigenvalue weighted by atomic mass is 10.2. The van der Waals surface area contributed by atoms with Crippen molar-refractivity contribution in [1.29, 1.82) is 0 Å². The molecule has 0 radical (unpaired) electrons. The number of amides is 1. The number of halogens is 1. The van der Waals surface area contributed by atoms with Gasteiger partial charge in [-0.05, 0) is 37.3 Å². The number of methoxy groups -OCH3 is 1. The van der Waals surface area contributed by atoms with Crippen LogP contribution < -0.4 is 19.5 Å². The summed E-state index contributed by atoms with van der Waals surface area (Å²) in [7, 11) is 1.50. The molecule has 2 aromatic rings. The van der Waals surface area contributed by atoms with Crippen molar-refractivity contribution in [2.24, 2.45) is 0 Å². The third-order valence-corrected chi connectivity index (χ3v) is 4.15. The summed E-state index contributed by atoms with van der Waals surface area (Å²) in [5.74, 6) is 0.324. The monoisotopic (exact) mass is 391 g/mol. The maximum absolute atomic E-state index is 12.3. The van der Waals surface area contributed by atoms with Gasteiger partial charge in [0.1, 0.15) is 12.4 Å². The molecule has 0 aliphatic carbocycles. The summed E-state index contributed by atoms with van der Waals surface area (Å²) in [5.41, 5.74) is 0.458. The quantitative estimate of drug-likeness (QED) is 0.789. The molecule has 1 heterocycles. The topological polar surface area (TPSA) is 83.1 Å². The van der Waals surface area contributed by atoms with E-state index in [2.05, 4.69) is 5.32 Å². The van der Waals surface area contributed by atoms with Gasteiger partial charge in [0.15, 0.2) is 17.6 Å². The molecule has 1 N–H and O–H groups in total. The number of para-hydroxylation sites is 2. The first-order valence-corrected chi connectivity index (χ1v) is 8.59. The molecular formula is C19H18ClNO6. The predicted molar refractivity (Wildman–Crippen MR) is 98.5 cm³/mol. The van der Waals surface area contributed by atoms with E-state index < -0.39 is 24.1 Å². The molecule has 0 aromatic heterocycles. The molecule has 1 amide bonds. The third-order valence-electron chi connectivity index (χ3n) is 3.85. The smallest absolute Gasteiger partial charge is 0.351 e. The summed E-state index contributed by atoms with van der Waals surface area (Å²) in [6.45, 7) is 1.48. The Labute approximate surface area is 161 Å². The van der Waals surface area contributed by atoms with E-state index in [1.54, 1.807) is 42.5 Å². The second-order valence-electron chi connectivity index (χ2n) is 5.78. The van der Waals surface area contributed by atoms with Crippen molar-refractivity contribution >= 4 is 29.2 Å². The number of ether oxygens (including phenoxy) is 4. The fraction of sp³-hybridized carbons (Fsp3) is 0.263. The first kappa shape index (κ1) is 18.8. The number of benzene rings is 2. The Kier molecular flexibility index (Phi) is 5.71. The second kappa shape index (κ2) is 8.18. The number of anilines is 1. The van der Waals surface area contributed by atoms with E-state index in [9.17, 15) is 9.59 Å². The van der Waals surface area contributed by atoms with E-state index >= 15 is 0 Å². The van der Waals surface area contributed by atoms with E-state index in [0.717, 1.165) is 0 Å². The fourth-order valence-corrected chi connectivity index (χ4v) is 2.69. The first-order chi connectivity index (χ1) is 13.0. The highest BCUT2D eigenvalue weighted by atomic mass is 35.5. The van der Waals surface area contributed by atoms with Crippen molar-refractivity contribution in [2.45, 2.75) is 19.1 Å². The molecular weight excluding hydrogens is 374 g/mol. The van der Waals surface area contributed by atoms with Crippen LogP contribution in [0, 0.1) is 0 Å². The summed E-state index contributed by atoms with van der Waals surface area (Å²) in [6.07, 6.45) is -1.97. The zero-order chi connectivity index (χ0) is 19.4. The van der Waals surface area contributed by atoms with Crippen LogP contribution in [0.15, 0.2) is 42.5 Å². The number of carbonyl (C=O) groups excluding carboxylic acids is 2. The van der Waals surface area contributed by atoms with Crippen LogP contribution in [0.4, 0.5) is 5.69 Å². The highest BCUT2D eigenvalue weighted by Gasteiger charge is 2.31. The molecule has 7 nitrogen and oxygen atoms in total. The number of hydrogen-bond acceptors (Lipinski definition) is 6. The molecule has 1 aliphatic heterocycles. The zero-order valence-corrected chi connectivity index (χ0v) is 15.5. The summed E-state index contributed by atoms with van der Waals surface area (Å²) < 4.78 is 21.3. The summed E-state index contributed by atoms with van der Waals surface area (Å²) in [6, 6.07) is 11.8. The first-order valence-electron chi connectivity index (χ1n) is 8.21. The Hall–Kier alpha value is -2.93. The van der Waals surface area contributed by atoms with Gasteiger partial charge in [0.2, 0.25) is 6.10 Å². The predicted octanol–water partition coefficient (Wildman–Crippen LogP) is 3.06. The van der Waals surface area contributed by atoms with Crippen LogP contribution >= 0.6 is 11.6 Å². The van der Waals surface area contributed by atoms with Crippen molar-refractivity contribution in [2.75, 3.05) is 19.0 Å². The summed E-state index contributed by atoms with van der Waals surface area (Å²) in [4.78, 5) is 24.5. The normalized spacial score (nSPS) is 16.2. The minimum atomic E-state index is -1.03. The Morgan fingerprint density at radius 3 is 2.67 bits per heavy atom. The maximum atomic E-state index is 12.3. The average Bonchev–Trinajstić information content (AvgIpc) is 2.67. The van der Waals surface area contributed by atoms with Crippen LogP contribution in [-0.2, 0) is 14.3 Å². The fourth-order valence-electron chi connectivity index (χ4n) is 2.43. The molecule has 0 saturated heterocycles. The number of esters is 1. The minimum absolute atomic E-state index is 0.0122. The molecule has 0 spiro atoms. The summed E-state index contributed by atoms with van der Waals surface area (Å²) in [5, 5.41) is 2.98. The van der Waals surface area contributed by atoms with Gasteiger partial charge in [0, 0.05) is 5.69 Å². The lowest BCUT2D eigenvalue weighted by molar-refractivity contribution is -0.162. The van der Waals surface area contributed by atoms with Gasteiger partial charge < -0.3 is 24.3 Å². The van der Waals surface area contributed by atoms with Crippen LogP contribution in [0.5, 0.6) is 17.2 Å². The van der Waals surface area contributed by atoms with Gasteiger partial charge in [-0.25, -0.2) is 4.79 Å². The largest absolute Gasteiger partial charge is 0.495 e. The van der Waals surface area contributed by atoms with Crippen molar-refractivity contribution in [3.63, 3.8) is 0 Å². The molecule has 0 bridgehead atoms. The van der Waals surface area contributed by atoms with E-state index in [0.29, 0.717) is 28.0 Å². The number of carbonyl (C=O) groups is 2. The van der Waals surface area contributed by atoms with E-state index in [1.165, 1.54) is 14.0 Å². The molecule has 142 valence electrons. The lowest BCUT2D eigenvalue weighted by Gasteiger charge is -2.25. The molecule has 27 heavy (non-hydrogen) atoms. The standard InChI is InChI=1S/C19H18ClNO6/c1-11(18(22)21-12-7-8-14(24-2)13(20)9-12)26-19(23)17-10-25-15-5-3-4-6-16(15)27-17/h3-9,11,17H,10H2,1-2H3,(H,21,22)/t11-,17-/m1/s1. The maximum Gasteiger partial charge on any atom is 0.351 e. The third kappa shape index (κ3) is 4.43. The second-order valence-corrected chi connectivity index (χ2v) is 6.19.